The molecule has 0 aromatic heterocycles. The summed E-state index contributed by atoms with van der Waals surface area (Å²) in [4.78, 5) is 16.6. The highest BCUT2D eigenvalue weighted by Gasteiger charge is 2.34. The summed E-state index contributed by atoms with van der Waals surface area (Å²) in [5.41, 5.74) is 2.62. The van der Waals surface area contributed by atoms with Gasteiger partial charge in [-0.05, 0) is 43.4 Å². The molecule has 1 aliphatic carbocycles. The van der Waals surface area contributed by atoms with Crippen LogP contribution in [0.25, 0.3) is 0 Å². The molecule has 144 valence electrons. The van der Waals surface area contributed by atoms with Crippen LogP contribution in [0.1, 0.15) is 31.2 Å². The van der Waals surface area contributed by atoms with E-state index in [4.69, 9.17) is 4.74 Å². The molecule has 2 saturated heterocycles. The second-order valence-corrected chi connectivity index (χ2v) is 7.52. The van der Waals surface area contributed by atoms with Gasteiger partial charge < -0.3 is 19.9 Å². The molecular formula is C20H30ClN3O2. The van der Waals surface area contributed by atoms with Crippen molar-refractivity contribution in [1.82, 2.24) is 10.2 Å². The van der Waals surface area contributed by atoms with Gasteiger partial charge >= 0.3 is 0 Å². The molecule has 0 atom stereocenters. The third-order valence-corrected chi connectivity index (χ3v) is 5.64. The summed E-state index contributed by atoms with van der Waals surface area (Å²) in [6, 6.07) is 9.42. The topological polar surface area (TPSA) is 44.8 Å². The number of carbonyl (C=O) groups excluding carboxylic acids is 1. The number of halogens is 1. The lowest BCUT2D eigenvalue weighted by Crippen LogP contribution is -2.45. The van der Waals surface area contributed by atoms with Gasteiger partial charge in [-0.2, -0.15) is 0 Å². The number of nitrogens with zero attached hydrogens (tertiary/aromatic N) is 2. The molecule has 2 heterocycles. The maximum absolute atomic E-state index is 12.1. The van der Waals surface area contributed by atoms with Crippen LogP contribution in [0.15, 0.2) is 24.3 Å². The lowest BCUT2D eigenvalue weighted by Gasteiger charge is -2.32. The Kier molecular flexibility index (Phi) is 6.79. The third-order valence-electron chi connectivity index (χ3n) is 5.64. The van der Waals surface area contributed by atoms with Crippen molar-refractivity contribution in [1.29, 1.82) is 0 Å². The number of benzene rings is 1. The van der Waals surface area contributed by atoms with Crippen molar-refractivity contribution in [3.8, 4) is 0 Å². The van der Waals surface area contributed by atoms with Gasteiger partial charge in [-0.25, -0.2) is 0 Å². The molecule has 3 aliphatic rings. The van der Waals surface area contributed by atoms with Crippen LogP contribution in [-0.4, -0.2) is 56.2 Å². The second-order valence-electron chi connectivity index (χ2n) is 7.52. The molecule has 26 heavy (non-hydrogen) atoms. The van der Waals surface area contributed by atoms with Crippen LogP contribution in [0.3, 0.4) is 0 Å². The largest absolute Gasteiger partial charge is 0.378 e. The molecule has 0 radical (unpaired) electrons. The van der Waals surface area contributed by atoms with E-state index in [2.05, 4.69) is 39.4 Å². The standard InChI is InChI=1S/C20H29N3O2.ClH/c24-20(17-3-4-17)23-9-7-18(8-10-23)21-15-16-1-5-19(6-2-16)22-11-13-25-14-12-22;/h1-2,5-6,17-18,21H,3-4,7-15H2;1H. The number of anilines is 1. The van der Waals surface area contributed by atoms with Crippen molar-refractivity contribution >= 4 is 24.0 Å². The van der Waals surface area contributed by atoms with Crippen LogP contribution in [-0.2, 0) is 16.1 Å². The monoisotopic (exact) mass is 379 g/mol. The van der Waals surface area contributed by atoms with Gasteiger partial charge in [0.15, 0.2) is 0 Å². The van der Waals surface area contributed by atoms with E-state index in [0.29, 0.717) is 17.9 Å². The van der Waals surface area contributed by atoms with Gasteiger partial charge in [0.2, 0.25) is 5.91 Å². The van der Waals surface area contributed by atoms with E-state index in [-0.39, 0.29) is 12.4 Å². The average molecular weight is 380 g/mol. The molecule has 1 N–H and O–H groups in total. The molecule has 0 bridgehead atoms. The summed E-state index contributed by atoms with van der Waals surface area (Å²) in [5.74, 6) is 0.756. The van der Waals surface area contributed by atoms with Crippen molar-refractivity contribution in [2.75, 3.05) is 44.3 Å². The molecule has 1 amide bonds. The van der Waals surface area contributed by atoms with E-state index in [9.17, 15) is 4.79 Å². The van der Waals surface area contributed by atoms with Gasteiger partial charge in [-0.15, -0.1) is 12.4 Å². The van der Waals surface area contributed by atoms with Gasteiger partial charge in [0.05, 0.1) is 13.2 Å². The van der Waals surface area contributed by atoms with Crippen molar-refractivity contribution in [2.24, 2.45) is 5.92 Å². The summed E-state index contributed by atoms with van der Waals surface area (Å²) >= 11 is 0. The van der Waals surface area contributed by atoms with Crippen molar-refractivity contribution in [3.63, 3.8) is 0 Å². The van der Waals surface area contributed by atoms with Gasteiger partial charge in [0, 0.05) is 50.4 Å². The smallest absolute Gasteiger partial charge is 0.225 e. The van der Waals surface area contributed by atoms with Gasteiger partial charge in [0.25, 0.3) is 0 Å². The number of rotatable bonds is 5. The normalized spacial score (nSPS) is 21.4. The molecule has 4 rings (SSSR count). The highest BCUT2D eigenvalue weighted by Crippen LogP contribution is 2.31. The Morgan fingerprint density at radius 2 is 1.65 bits per heavy atom. The van der Waals surface area contributed by atoms with Crippen LogP contribution in [0.5, 0.6) is 0 Å². The van der Waals surface area contributed by atoms with Gasteiger partial charge in [-0.1, -0.05) is 12.1 Å². The Morgan fingerprint density at radius 3 is 2.27 bits per heavy atom. The Bertz CT molecular complexity index is 577. The van der Waals surface area contributed by atoms with Crippen LogP contribution in [0, 0.1) is 5.92 Å². The molecule has 1 saturated carbocycles. The summed E-state index contributed by atoms with van der Waals surface area (Å²) in [5, 5.41) is 3.67. The lowest BCUT2D eigenvalue weighted by atomic mass is 10.0. The number of carbonyl (C=O) groups is 1. The van der Waals surface area contributed by atoms with E-state index in [0.717, 1.165) is 71.6 Å². The number of hydrogen-bond donors (Lipinski definition) is 1. The number of amides is 1. The zero-order valence-corrected chi connectivity index (χ0v) is 16.2. The summed E-state index contributed by atoms with van der Waals surface area (Å²) in [6.07, 6.45) is 4.36. The minimum absolute atomic E-state index is 0. The van der Waals surface area contributed by atoms with Crippen LogP contribution >= 0.6 is 12.4 Å². The summed E-state index contributed by atoms with van der Waals surface area (Å²) < 4.78 is 5.41. The molecule has 2 aliphatic heterocycles. The molecule has 3 fully saturated rings. The number of likely N-dealkylation sites (tertiary alicyclic amines) is 1. The number of morpholine rings is 1. The van der Waals surface area contributed by atoms with E-state index >= 15 is 0 Å². The molecule has 0 spiro atoms. The fourth-order valence-electron chi connectivity index (χ4n) is 3.80. The number of nitrogens with one attached hydrogen (secondary N) is 1. The maximum atomic E-state index is 12.1. The van der Waals surface area contributed by atoms with Crippen molar-refractivity contribution in [2.45, 2.75) is 38.3 Å². The second kappa shape index (κ2) is 9.07. The molecule has 1 aromatic carbocycles. The highest BCUT2D eigenvalue weighted by molar-refractivity contribution is 5.85. The minimum atomic E-state index is 0. The molecule has 1 aromatic rings. The molecular weight excluding hydrogens is 350 g/mol. The van der Waals surface area contributed by atoms with E-state index in [1.54, 1.807) is 0 Å². The number of ether oxygens (including phenoxy) is 1. The summed E-state index contributed by atoms with van der Waals surface area (Å²) in [7, 11) is 0. The Balaban J connectivity index is 0.00000196. The van der Waals surface area contributed by atoms with E-state index in [1.807, 2.05) is 0 Å². The minimum Gasteiger partial charge on any atom is -0.378 e. The first-order chi connectivity index (χ1) is 12.3. The Labute approximate surface area is 162 Å². The molecule has 0 unspecified atom stereocenters. The predicted molar refractivity (Wildman–Crippen MR) is 106 cm³/mol. The molecule has 6 heteroatoms. The Hall–Kier alpha value is -1.30. The first kappa shape index (κ1) is 19.5. The quantitative estimate of drug-likeness (QED) is 0.853. The fraction of sp³-hybridized carbons (Fsp3) is 0.650. The third kappa shape index (κ3) is 4.90. The highest BCUT2D eigenvalue weighted by atomic mass is 35.5. The number of piperidine rings is 1. The zero-order valence-electron chi connectivity index (χ0n) is 15.4. The van der Waals surface area contributed by atoms with Crippen LogP contribution in [0.4, 0.5) is 5.69 Å². The number of hydrogen-bond acceptors (Lipinski definition) is 4. The van der Waals surface area contributed by atoms with Crippen LogP contribution < -0.4 is 10.2 Å². The SMILES string of the molecule is Cl.O=C(C1CC1)N1CCC(NCc2ccc(N3CCOCC3)cc2)CC1. The van der Waals surface area contributed by atoms with Gasteiger partial charge in [0.1, 0.15) is 0 Å². The van der Waals surface area contributed by atoms with E-state index in [1.165, 1.54) is 11.3 Å². The lowest BCUT2D eigenvalue weighted by molar-refractivity contribution is -0.133. The summed E-state index contributed by atoms with van der Waals surface area (Å²) in [6.45, 7) is 6.36. The maximum Gasteiger partial charge on any atom is 0.225 e. The average Bonchev–Trinajstić information content (AvgIpc) is 3.53. The van der Waals surface area contributed by atoms with E-state index < -0.39 is 0 Å². The first-order valence-corrected chi connectivity index (χ1v) is 9.73. The van der Waals surface area contributed by atoms with Crippen molar-refractivity contribution < 1.29 is 9.53 Å². The van der Waals surface area contributed by atoms with Crippen molar-refractivity contribution in [3.05, 3.63) is 29.8 Å². The molecule has 5 nitrogen and oxygen atoms in total. The first-order valence-electron chi connectivity index (χ1n) is 9.73. The predicted octanol–water partition coefficient (Wildman–Crippen LogP) is 2.44. The fourth-order valence-corrected chi connectivity index (χ4v) is 3.80. The van der Waals surface area contributed by atoms with Gasteiger partial charge in [-0.3, -0.25) is 4.79 Å². The Morgan fingerprint density at radius 1 is 1.00 bits per heavy atom. The zero-order chi connectivity index (χ0) is 17.1. The van der Waals surface area contributed by atoms with Crippen LogP contribution in [0.2, 0.25) is 0 Å².